The minimum Gasteiger partial charge on any atom is -0.393 e. The van der Waals surface area contributed by atoms with Crippen molar-refractivity contribution in [2.24, 2.45) is 5.92 Å². The summed E-state index contributed by atoms with van der Waals surface area (Å²) < 4.78 is 14.8. The van der Waals surface area contributed by atoms with Crippen molar-refractivity contribution < 1.29 is 14.3 Å². The summed E-state index contributed by atoms with van der Waals surface area (Å²) in [6.07, 6.45) is 0.749. The lowest BCUT2D eigenvalue weighted by molar-refractivity contribution is 0.0385. The molecule has 3 unspecified atom stereocenters. The number of aliphatic hydroxyl groups excluding tert-OH is 1. The number of rotatable bonds is 1. The Morgan fingerprint density at radius 2 is 2.35 bits per heavy atom. The van der Waals surface area contributed by atoms with Crippen LogP contribution in [-0.4, -0.2) is 17.8 Å². The van der Waals surface area contributed by atoms with Gasteiger partial charge in [-0.25, -0.2) is 4.39 Å². The van der Waals surface area contributed by atoms with Crippen LogP contribution in [0.4, 0.5) is 4.39 Å². The number of hydroxylamine groups is 1. The molecule has 1 heterocycles. The molecule has 0 aromatic heterocycles. The number of halogens is 2. The molecule has 3 atom stereocenters. The molecule has 0 bridgehead atoms. The van der Waals surface area contributed by atoms with E-state index in [-0.39, 0.29) is 11.7 Å². The van der Waals surface area contributed by atoms with Crippen molar-refractivity contribution in [3.05, 3.63) is 34.1 Å². The highest BCUT2D eigenvalue weighted by Gasteiger charge is 2.53. The predicted molar refractivity (Wildman–Crippen MR) is 63.6 cm³/mol. The molecule has 3 nitrogen and oxygen atoms in total. The number of hydrogen-bond donors (Lipinski definition) is 2. The molecule has 0 radical (unpaired) electrons. The van der Waals surface area contributed by atoms with Gasteiger partial charge in [0.1, 0.15) is 5.82 Å². The zero-order valence-corrected chi connectivity index (χ0v) is 10.7. The van der Waals surface area contributed by atoms with Gasteiger partial charge in [0.15, 0.2) is 0 Å². The molecule has 17 heavy (non-hydrogen) atoms. The Hall–Kier alpha value is -0.490. The molecular formula is C12H13BrFNO2. The largest absolute Gasteiger partial charge is 0.393 e. The molecule has 92 valence electrons. The molecule has 0 amide bonds. The average molecular weight is 302 g/mol. The predicted octanol–water partition coefficient (Wildman–Crippen LogP) is 2.09. The van der Waals surface area contributed by atoms with E-state index in [1.54, 1.807) is 12.1 Å². The molecule has 1 aromatic carbocycles. The van der Waals surface area contributed by atoms with Gasteiger partial charge in [-0.15, -0.1) is 0 Å². The van der Waals surface area contributed by atoms with Crippen molar-refractivity contribution >= 4 is 15.9 Å². The second-order valence-electron chi connectivity index (χ2n) is 4.80. The Kier molecular flexibility index (Phi) is 2.74. The first-order valence-corrected chi connectivity index (χ1v) is 6.44. The maximum Gasteiger partial charge on any atom is 0.128 e. The number of fused-ring (bicyclic) bond motifs is 1. The van der Waals surface area contributed by atoms with Crippen LogP contribution in [0.2, 0.25) is 0 Å². The van der Waals surface area contributed by atoms with E-state index >= 15 is 0 Å². The summed E-state index contributed by atoms with van der Waals surface area (Å²) in [6.45, 7) is 0.517. The van der Waals surface area contributed by atoms with Crippen LogP contribution in [-0.2, 0) is 10.4 Å². The van der Waals surface area contributed by atoms with Gasteiger partial charge in [0, 0.05) is 16.0 Å². The molecular weight excluding hydrogens is 289 g/mol. The van der Waals surface area contributed by atoms with Crippen LogP contribution in [0.3, 0.4) is 0 Å². The van der Waals surface area contributed by atoms with Gasteiger partial charge < -0.3 is 9.94 Å². The second kappa shape index (κ2) is 4.02. The molecule has 2 N–H and O–H groups in total. The van der Waals surface area contributed by atoms with E-state index in [9.17, 15) is 9.50 Å². The maximum atomic E-state index is 14.0. The fourth-order valence-electron chi connectivity index (χ4n) is 2.98. The van der Waals surface area contributed by atoms with E-state index in [1.165, 1.54) is 6.07 Å². The number of hydrogen-bond acceptors (Lipinski definition) is 3. The standard InChI is InChI=1S/C12H13BrFNO2/c13-8-1-2-11(14)10(4-8)12-5-9(16)3-7(12)6-17-15-12/h1-2,4,7,9,15-16H,3,5-6H2. The van der Waals surface area contributed by atoms with Crippen LogP contribution in [0.15, 0.2) is 22.7 Å². The van der Waals surface area contributed by atoms with Crippen LogP contribution in [0, 0.1) is 11.7 Å². The molecule has 1 aliphatic heterocycles. The molecule has 1 aliphatic carbocycles. The van der Waals surface area contributed by atoms with Crippen molar-refractivity contribution in [1.29, 1.82) is 0 Å². The summed E-state index contributed by atoms with van der Waals surface area (Å²) in [5.41, 5.74) is 2.92. The first-order chi connectivity index (χ1) is 8.12. The molecule has 2 fully saturated rings. The van der Waals surface area contributed by atoms with Crippen molar-refractivity contribution in [3.63, 3.8) is 0 Å². The molecule has 2 aliphatic rings. The number of nitrogens with one attached hydrogen (secondary N) is 1. The summed E-state index contributed by atoms with van der Waals surface area (Å²) in [5, 5.41) is 9.79. The third-order valence-electron chi connectivity index (χ3n) is 3.76. The first kappa shape index (κ1) is 11.6. The Bertz CT molecular complexity index is 456. The van der Waals surface area contributed by atoms with E-state index in [0.717, 1.165) is 4.47 Å². The van der Waals surface area contributed by atoms with Crippen LogP contribution in [0.1, 0.15) is 18.4 Å². The molecule has 0 spiro atoms. The maximum absolute atomic E-state index is 14.0. The minimum absolute atomic E-state index is 0.126. The summed E-state index contributed by atoms with van der Waals surface area (Å²) in [6, 6.07) is 4.88. The highest BCUT2D eigenvalue weighted by Crippen LogP contribution is 2.47. The van der Waals surface area contributed by atoms with Gasteiger partial charge in [0.25, 0.3) is 0 Å². The van der Waals surface area contributed by atoms with Crippen molar-refractivity contribution in [2.75, 3.05) is 6.61 Å². The van der Waals surface area contributed by atoms with E-state index in [0.29, 0.717) is 25.0 Å². The summed E-state index contributed by atoms with van der Waals surface area (Å²) in [5.74, 6) is -0.133. The normalized spacial score (nSPS) is 36.2. The van der Waals surface area contributed by atoms with Crippen LogP contribution in [0.5, 0.6) is 0 Å². The Morgan fingerprint density at radius 1 is 1.53 bits per heavy atom. The van der Waals surface area contributed by atoms with E-state index in [2.05, 4.69) is 21.4 Å². The molecule has 1 aromatic rings. The lowest BCUT2D eigenvalue weighted by Crippen LogP contribution is -2.39. The van der Waals surface area contributed by atoms with E-state index in [4.69, 9.17) is 4.84 Å². The fraction of sp³-hybridized carbons (Fsp3) is 0.500. The third-order valence-corrected chi connectivity index (χ3v) is 4.25. The zero-order valence-electron chi connectivity index (χ0n) is 9.12. The van der Waals surface area contributed by atoms with Gasteiger partial charge in [-0.1, -0.05) is 15.9 Å². The van der Waals surface area contributed by atoms with Gasteiger partial charge in [-0.05, 0) is 31.0 Å². The van der Waals surface area contributed by atoms with Gasteiger partial charge in [-0.2, -0.15) is 5.48 Å². The molecule has 3 rings (SSSR count). The Balaban J connectivity index is 2.09. The topological polar surface area (TPSA) is 41.5 Å². The fourth-order valence-corrected chi connectivity index (χ4v) is 3.34. The second-order valence-corrected chi connectivity index (χ2v) is 5.71. The minimum atomic E-state index is -0.576. The van der Waals surface area contributed by atoms with Crippen LogP contribution >= 0.6 is 15.9 Å². The summed E-state index contributed by atoms with van der Waals surface area (Å²) in [4.78, 5) is 5.27. The van der Waals surface area contributed by atoms with Crippen molar-refractivity contribution in [3.8, 4) is 0 Å². The smallest absolute Gasteiger partial charge is 0.128 e. The van der Waals surface area contributed by atoms with Gasteiger partial charge in [-0.3, -0.25) is 0 Å². The number of aliphatic hydroxyl groups is 1. The highest BCUT2D eigenvalue weighted by atomic mass is 79.9. The van der Waals surface area contributed by atoms with Crippen LogP contribution in [0.25, 0.3) is 0 Å². The monoisotopic (exact) mass is 301 g/mol. The summed E-state index contributed by atoms with van der Waals surface area (Å²) >= 11 is 3.35. The molecule has 1 saturated carbocycles. The highest BCUT2D eigenvalue weighted by molar-refractivity contribution is 9.10. The molecule has 5 heteroatoms. The lowest BCUT2D eigenvalue weighted by atomic mass is 9.82. The number of benzene rings is 1. The zero-order chi connectivity index (χ0) is 12.0. The van der Waals surface area contributed by atoms with Crippen LogP contribution < -0.4 is 5.48 Å². The average Bonchev–Trinajstić information content (AvgIpc) is 2.78. The third kappa shape index (κ3) is 1.73. The van der Waals surface area contributed by atoms with Gasteiger partial charge >= 0.3 is 0 Å². The van der Waals surface area contributed by atoms with Gasteiger partial charge in [0.05, 0.1) is 18.2 Å². The first-order valence-electron chi connectivity index (χ1n) is 5.64. The van der Waals surface area contributed by atoms with E-state index < -0.39 is 11.6 Å². The SMILES string of the molecule is OC1CC2CONC2(c2cc(Br)ccc2F)C1. The summed E-state index contributed by atoms with van der Waals surface area (Å²) in [7, 11) is 0. The Morgan fingerprint density at radius 3 is 3.18 bits per heavy atom. The molecule has 1 saturated heterocycles. The Labute approximate surface area is 107 Å². The van der Waals surface area contributed by atoms with Crippen molar-refractivity contribution in [2.45, 2.75) is 24.5 Å². The quantitative estimate of drug-likeness (QED) is 0.834. The van der Waals surface area contributed by atoms with Crippen molar-refractivity contribution in [1.82, 2.24) is 5.48 Å². The van der Waals surface area contributed by atoms with E-state index in [1.807, 2.05) is 0 Å². The lowest BCUT2D eigenvalue weighted by Gasteiger charge is -2.28. The van der Waals surface area contributed by atoms with Gasteiger partial charge in [0.2, 0.25) is 0 Å².